The highest BCUT2D eigenvalue weighted by atomic mass is 32.1. The van der Waals surface area contributed by atoms with Gasteiger partial charge in [-0.05, 0) is 24.4 Å². The topological polar surface area (TPSA) is 51.8 Å². The van der Waals surface area contributed by atoms with Crippen LogP contribution in [0.4, 0.5) is 0 Å². The van der Waals surface area contributed by atoms with E-state index in [2.05, 4.69) is 23.2 Å². The third-order valence-electron chi connectivity index (χ3n) is 1.84. The van der Waals surface area contributed by atoms with E-state index in [1.54, 1.807) is 0 Å². The molecule has 0 aliphatic carbocycles. The Hall–Kier alpha value is -0.480. The smallest absolute Gasteiger partial charge is 0.139 e. The van der Waals surface area contributed by atoms with Gasteiger partial charge >= 0.3 is 0 Å². The molecule has 1 unspecified atom stereocenters. The number of nitrogens with two attached hydrogens (primary N) is 1. The van der Waals surface area contributed by atoms with Crippen LogP contribution in [-0.4, -0.2) is 15.4 Å². The molecule has 0 aliphatic rings. The zero-order valence-corrected chi connectivity index (χ0v) is 8.56. The van der Waals surface area contributed by atoms with Crippen molar-refractivity contribution >= 4 is 11.5 Å². The summed E-state index contributed by atoms with van der Waals surface area (Å²) in [5, 5.41) is 1.05. The molecule has 0 amide bonds. The van der Waals surface area contributed by atoms with Crippen LogP contribution >= 0.6 is 11.5 Å². The molecule has 68 valence electrons. The second kappa shape index (κ2) is 3.96. The molecule has 0 spiro atoms. The molecule has 1 atom stereocenters. The Bertz CT molecular complexity index is 244. The van der Waals surface area contributed by atoms with Crippen LogP contribution in [0.1, 0.15) is 24.7 Å². The number of nitrogens with zero attached hydrogens (tertiary/aromatic N) is 2. The standard InChI is InChI=1S/C8H15N3S/c1-5(2)7(9)4-8-10-6(3)11-12-8/h5,7H,4,9H2,1-3H3. The van der Waals surface area contributed by atoms with Crippen LogP contribution < -0.4 is 5.73 Å². The summed E-state index contributed by atoms with van der Waals surface area (Å²) in [4.78, 5) is 4.26. The van der Waals surface area contributed by atoms with Crippen LogP contribution in [0, 0.1) is 12.8 Å². The molecule has 1 rings (SSSR count). The van der Waals surface area contributed by atoms with Crippen molar-refractivity contribution in [3.8, 4) is 0 Å². The highest BCUT2D eigenvalue weighted by Crippen LogP contribution is 2.10. The van der Waals surface area contributed by atoms with E-state index in [0.29, 0.717) is 5.92 Å². The molecule has 0 saturated carbocycles. The molecular formula is C8H15N3S. The van der Waals surface area contributed by atoms with E-state index in [1.807, 2.05) is 6.92 Å². The second-order valence-electron chi connectivity index (χ2n) is 3.35. The number of aromatic nitrogens is 2. The molecule has 1 aromatic heterocycles. The SMILES string of the molecule is Cc1nsc(CC(N)C(C)C)n1. The van der Waals surface area contributed by atoms with Gasteiger partial charge in [0.15, 0.2) is 0 Å². The lowest BCUT2D eigenvalue weighted by Crippen LogP contribution is -2.28. The highest BCUT2D eigenvalue weighted by molar-refractivity contribution is 7.05. The van der Waals surface area contributed by atoms with E-state index < -0.39 is 0 Å². The van der Waals surface area contributed by atoms with Gasteiger partial charge in [-0.3, -0.25) is 0 Å². The number of aryl methyl sites for hydroxylation is 1. The maximum Gasteiger partial charge on any atom is 0.139 e. The number of hydrogen-bond donors (Lipinski definition) is 1. The van der Waals surface area contributed by atoms with Crippen molar-refractivity contribution in [3.63, 3.8) is 0 Å². The Morgan fingerprint density at radius 3 is 2.58 bits per heavy atom. The second-order valence-corrected chi connectivity index (χ2v) is 4.18. The van der Waals surface area contributed by atoms with E-state index in [1.165, 1.54) is 11.5 Å². The van der Waals surface area contributed by atoms with Gasteiger partial charge < -0.3 is 5.73 Å². The van der Waals surface area contributed by atoms with Crippen LogP contribution in [0.25, 0.3) is 0 Å². The van der Waals surface area contributed by atoms with Crippen molar-refractivity contribution in [3.05, 3.63) is 10.8 Å². The summed E-state index contributed by atoms with van der Waals surface area (Å²) in [6.07, 6.45) is 0.850. The lowest BCUT2D eigenvalue weighted by Gasteiger charge is -2.12. The first kappa shape index (κ1) is 9.61. The fraction of sp³-hybridized carbons (Fsp3) is 0.750. The molecule has 4 heteroatoms. The van der Waals surface area contributed by atoms with Crippen molar-refractivity contribution in [2.24, 2.45) is 11.7 Å². The Morgan fingerprint density at radius 1 is 1.50 bits per heavy atom. The van der Waals surface area contributed by atoms with Crippen molar-refractivity contribution in [2.45, 2.75) is 33.2 Å². The fourth-order valence-corrected chi connectivity index (χ4v) is 1.58. The molecular weight excluding hydrogens is 170 g/mol. The minimum absolute atomic E-state index is 0.206. The van der Waals surface area contributed by atoms with E-state index >= 15 is 0 Å². The first-order valence-corrected chi connectivity index (χ1v) is 4.91. The predicted octanol–water partition coefficient (Wildman–Crippen LogP) is 1.37. The minimum atomic E-state index is 0.206. The minimum Gasteiger partial charge on any atom is -0.327 e. The lowest BCUT2D eigenvalue weighted by atomic mass is 10.0. The summed E-state index contributed by atoms with van der Waals surface area (Å²) in [7, 11) is 0. The molecule has 1 heterocycles. The van der Waals surface area contributed by atoms with Gasteiger partial charge in [0.1, 0.15) is 10.8 Å². The van der Waals surface area contributed by atoms with E-state index in [9.17, 15) is 0 Å². The molecule has 0 aromatic carbocycles. The molecule has 2 N–H and O–H groups in total. The molecule has 12 heavy (non-hydrogen) atoms. The molecule has 0 aliphatic heterocycles. The lowest BCUT2D eigenvalue weighted by molar-refractivity contribution is 0.489. The zero-order valence-electron chi connectivity index (χ0n) is 7.74. The van der Waals surface area contributed by atoms with E-state index in [-0.39, 0.29) is 6.04 Å². The maximum absolute atomic E-state index is 5.90. The average molecular weight is 185 g/mol. The van der Waals surface area contributed by atoms with Crippen molar-refractivity contribution in [1.29, 1.82) is 0 Å². The normalized spacial score (nSPS) is 13.8. The van der Waals surface area contributed by atoms with Crippen molar-refractivity contribution in [2.75, 3.05) is 0 Å². The van der Waals surface area contributed by atoms with Gasteiger partial charge in [-0.2, -0.15) is 4.37 Å². The van der Waals surface area contributed by atoms with Gasteiger partial charge in [0.2, 0.25) is 0 Å². The van der Waals surface area contributed by atoms with Gasteiger partial charge in [-0.1, -0.05) is 13.8 Å². The summed E-state index contributed by atoms with van der Waals surface area (Å²) in [5.74, 6) is 1.36. The Balaban J connectivity index is 2.52. The fourth-order valence-electron chi connectivity index (χ4n) is 0.860. The quantitative estimate of drug-likeness (QED) is 0.774. The number of rotatable bonds is 3. The van der Waals surface area contributed by atoms with Crippen LogP contribution in [0.5, 0.6) is 0 Å². The van der Waals surface area contributed by atoms with Gasteiger partial charge in [-0.25, -0.2) is 4.98 Å². The molecule has 0 fully saturated rings. The molecule has 0 saturated heterocycles. The summed E-state index contributed by atoms with van der Waals surface area (Å²) in [5.41, 5.74) is 5.90. The largest absolute Gasteiger partial charge is 0.327 e. The monoisotopic (exact) mass is 185 g/mol. The Labute approximate surface area is 77.2 Å². The highest BCUT2D eigenvalue weighted by Gasteiger charge is 2.10. The van der Waals surface area contributed by atoms with E-state index in [0.717, 1.165) is 17.3 Å². The van der Waals surface area contributed by atoms with Gasteiger partial charge in [0, 0.05) is 12.5 Å². The third kappa shape index (κ3) is 2.53. The van der Waals surface area contributed by atoms with Gasteiger partial charge in [0.25, 0.3) is 0 Å². The molecule has 3 nitrogen and oxygen atoms in total. The molecule has 0 radical (unpaired) electrons. The summed E-state index contributed by atoms with van der Waals surface area (Å²) in [6.45, 7) is 6.15. The van der Waals surface area contributed by atoms with Crippen LogP contribution in [0.3, 0.4) is 0 Å². The first-order chi connectivity index (χ1) is 5.59. The molecule has 1 aromatic rings. The Morgan fingerprint density at radius 2 is 2.17 bits per heavy atom. The summed E-state index contributed by atoms with van der Waals surface area (Å²) >= 11 is 1.45. The van der Waals surface area contributed by atoms with Crippen LogP contribution in [-0.2, 0) is 6.42 Å². The van der Waals surface area contributed by atoms with Gasteiger partial charge in [-0.15, -0.1) is 0 Å². The Kier molecular flexibility index (Phi) is 3.17. The summed E-state index contributed by atoms with van der Waals surface area (Å²) < 4.78 is 4.10. The first-order valence-electron chi connectivity index (χ1n) is 4.14. The van der Waals surface area contributed by atoms with Crippen molar-refractivity contribution < 1.29 is 0 Å². The average Bonchev–Trinajstić information content (AvgIpc) is 2.35. The van der Waals surface area contributed by atoms with Crippen molar-refractivity contribution in [1.82, 2.24) is 9.36 Å². The van der Waals surface area contributed by atoms with Crippen LogP contribution in [0.2, 0.25) is 0 Å². The number of hydrogen-bond acceptors (Lipinski definition) is 4. The third-order valence-corrected chi connectivity index (χ3v) is 2.66. The predicted molar refractivity (Wildman–Crippen MR) is 51.2 cm³/mol. The maximum atomic E-state index is 5.90. The molecule has 0 bridgehead atoms. The van der Waals surface area contributed by atoms with Gasteiger partial charge in [0.05, 0.1) is 0 Å². The van der Waals surface area contributed by atoms with Crippen LogP contribution in [0.15, 0.2) is 0 Å². The zero-order chi connectivity index (χ0) is 9.14. The van der Waals surface area contributed by atoms with E-state index in [4.69, 9.17) is 5.73 Å². The summed E-state index contributed by atoms with van der Waals surface area (Å²) in [6, 6.07) is 0.206.